The zero-order valence-electron chi connectivity index (χ0n) is 27.4. The predicted octanol–water partition coefficient (Wildman–Crippen LogP) is 4.89. The molecule has 3 aromatic carbocycles. The number of hydrogen-bond acceptors (Lipinski definition) is 8. The molecule has 48 heavy (non-hydrogen) atoms. The third-order valence-corrected chi connectivity index (χ3v) is 7.01. The van der Waals surface area contributed by atoms with Gasteiger partial charge in [0, 0.05) is 18.0 Å². The highest BCUT2D eigenvalue weighted by atomic mass is 16.6. The lowest BCUT2D eigenvalue weighted by atomic mass is 10.0. The van der Waals surface area contributed by atoms with Crippen molar-refractivity contribution in [3.05, 3.63) is 108 Å². The highest BCUT2D eigenvalue weighted by Crippen LogP contribution is 2.24. The van der Waals surface area contributed by atoms with Crippen LogP contribution in [0.25, 0.3) is 10.9 Å². The van der Waals surface area contributed by atoms with E-state index in [0.29, 0.717) is 16.5 Å². The van der Waals surface area contributed by atoms with Gasteiger partial charge >= 0.3 is 18.2 Å². The van der Waals surface area contributed by atoms with Crippen LogP contribution in [-0.2, 0) is 43.4 Å². The van der Waals surface area contributed by atoms with Crippen LogP contribution in [0.15, 0.2) is 91.1 Å². The summed E-state index contributed by atoms with van der Waals surface area (Å²) >= 11 is 0. The minimum absolute atomic E-state index is 0.0218. The number of aromatic nitrogens is 1. The molecule has 0 bridgehead atoms. The van der Waals surface area contributed by atoms with Gasteiger partial charge in [-0.3, -0.25) is 14.2 Å². The number of esters is 1. The number of nitrogens with zero attached hydrogens (tertiary/aromatic N) is 1. The van der Waals surface area contributed by atoms with Gasteiger partial charge in [0.05, 0.1) is 5.52 Å². The molecule has 0 unspecified atom stereocenters. The van der Waals surface area contributed by atoms with Gasteiger partial charge in [0.1, 0.15) is 37.4 Å². The molecule has 12 nitrogen and oxygen atoms in total. The number of para-hydroxylation sites is 1. The van der Waals surface area contributed by atoms with Crippen molar-refractivity contribution >= 4 is 40.9 Å². The van der Waals surface area contributed by atoms with E-state index >= 15 is 0 Å². The number of alkyl carbamates (subject to hydrolysis) is 2. The van der Waals surface area contributed by atoms with Gasteiger partial charge in [-0.1, -0.05) is 78.9 Å². The summed E-state index contributed by atoms with van der Waals surface area (Å²) in [5.41, 5.74) is 1.91. The van der Waals surface area contributed by atoms with E-state index in [1.54, 1.807) is 70.3 Å². The molecule has 0 radical (unpaired) electrons. The summed E-state index contributed by atoms with van der Waals surface area (Å²) in [7, 11) is 0. The second-order valence-electron chi connectivity index (χ2n) is 12.1. The van der Waals surface area contributed by atoms with Crippen LogP contribution >= 0.6 is 0 Å². The monoisotopic (exact) mass is 656 g/mol. The molecule has 252 valence electrons. The van der Waals surface area contributed by atoms with Crippen molar-refractivity contribution in [2.24, 2.45) is 0 Å². The van der Waals surface area contributed by atoms with E-state index in [4.69, 9.17) is 14.2 Å². The van der Waals surface area contributed by atoms with E-state index in [0.717, 1.165) is 11.1 Å². The normalized spacial score (nSPS) is 12.3. The van der Waals surface area contributed by atoms with Crippen molar-refractivity contribution < 1.29 is 38.2 Å². The molecule has 0 saturated heterocycles. The van der Waals surface area contributed by atoms with Crippen LogP contribution in [0.5, 0.6) is 0 Å². The standard InChI is InChI=1S/C36H40N4O8/c1-24(38-35(45)47-23-26-15-9-6-10-16-26)32(42)40-21-27(28-17-11-12-18-30(28)40)19-29(33(43)46-22-25-13-7-5-8-14-25)39-31(41)20-37-34(44)48-36(2,3)4/h5-18,21,24,29H,19-20,22-23H2,1-4H3,(H,37,44)(H,38,45)(H,39,41)/t24-,29-/m0/s1. The lowest BCUT2D eigenvalue weighted by Crippen LogP contribution is -2.47. The summed E-state index contributed by atoms with van der Waals surface area (Å²) in [6, 6.07) is 23.2. The molecule has 12 heteroatoms. The number of carbonyl (C=O) groups excluding carboxylic acids is 5. The molecule has 4 rings (SSSR count). The number of ether oxygens (including phenoxy) is 3. The third kappa shape index (κ3) is 10.4. The summed E-state index contributed by atoms with van der Waals surface area (Å²) in [6.45, 7) is 6.21. The van der Waals surface area contributed by atoms with E-state index in [1.807, 2.05) is 48.5 Å². The summed E-state index contributed by atoms with van der Waals surface area (Å²) in [6.07, 6.45) is 0.00534. The predicted molar refractivity (Wildman–Crippen MR) is 178 cm³/mol. The van der Waals surface area contributed by atoms with Gasteiger partial charge in [0.15, 0.2) is 0 Å². The van der Waals surface area contributed by atoms with E-state index in [-0.39, 0.29) is 19.6 Å². The molecule has 1 aromatic heterocycles. The Balaban J connectivity index is 1.50. The van der Waals surface area contributed by atoms with Crippen molar-refractivity contribution in [1.82, 2.24) is 20.5 Å². The summed E-state index contributed by atoms with van der Waals surface area (Å²) in [5, 5.41) is 8.26. The molecule has 1 heterocycles. The first-order valence-corrected chi connectivity index (χ1v) is 15.5. The topological polar surface area (TPSA) is 154 Å². The molecule has 0 aliphatic rings. The van der Waals surface area contributed by atoms with Gasteiger partial charge in [-0.2, -0.15) is 0 Å². The quantitative estimate of drug-likeness (QED) is 0.144. The molecule has 0 aliphatic carbocycles. The second kappa shape index (κ2) is 16.3. The molecule has 2 atom stereocenters. The van der Waals surface area contributed by atoms with Gasteiger partial charge in [-0.15, -0.1) is 0 Å². The fourth-order valence-electron chi connectivity index (χ4n) is 4.76. The van der Waals surface area contributed by atoms with Crippen molar-refractivity contribution in [2.45, 2.75) is 65.0 Å². The number of fused-ring (bicyclic) bond motifs is 1. The zero-order chi connectivity index (χ0) is 34.7. The maximum atomic E-state index is 13.6. The lowest BCUT2D eigenvalue weighted by molar-refractivity contribution is -0.149. The van der Waals surface area contributed by atoms with Crippen LogP contribution in [0.2, 0.25) is 0 Å². The van der Waals surface area contributed by atoms with Gasteiger partial charge in [-0.25, -0.2) is 14.4 Å². The molecular formula is C36H40N4O8. The number of carbonyl (C=O) groups is 5. The maximum Gasteiger partial charge on any atom is 0.408 e. The van der Waals surface area contributed by atoms with Crippen molar-refractivity contribution in [2.75, 3.05) is 6.54 Å². The van der Waals surface area contributed by atoms with E-state index in [1.165, 1.54) is 4.57 Å². The van der Waals surface area contributed by atoms with E-state index in [2.05, 4.69) is 16.0 Å². The van der Waals surface area contributed by atoms with Gasteiger partial charge in [0.25, 0.3) is 5.91 Å². The minimum atomic E-state index is -1.17. The van der Waals surface area contributed by atoms with Crippen LogP contribution < -0.4 is 16.0 Å². The van der Waals surface area contributed by atoms with E-state index in [9.17, 15) is 24.0 Å². The van der Waals surface area contributed by atoms with Crippen molar-refractivity contribution in [3.8, 4) is 0 Å². The first-order valence-electron chi connectivity index (χ1n) is 15.5. The lowest BCUT2D eigenvalue weighted by Gasteiger charge is -2.20. The Hall–Kier alpha value is -5.65. The molecule has 3 amide bonds. The van der Waals surface area contributed by atoms with Gasteiger partial charge in [-0.05, 0) is 50.5 Å². The largest absolute Gasteiger partial charge is 0.459 e. The van der Waals surface area contributed by atoms with E-state index < -0.39 is 54.2 Å². The van der Waals surface area contributed by atoms with Crippen LogP contribution in [0.3, 0.4) is 0 Å². The Labute approximate surface area is 278 Å². The summed E-state index contributed by atoms with van der Waals surface area (Å²) < 4.78 is 17.4. The average molecular weight is 657 g/mol. The molecule has 0 fully saturated rings. The van der Waals surface area contributed by atoms with Crippen LogP contribution in [0.1, 0.15) is 49.2 Å². The highest BCUT2D eigenvalue weighted by molar-refractivity contribution is 5.98. The molecular weight excluding hydrogens is 616 g/mol. The Bertz CT molecular complexity index is 1730. The number of amides is 3. The van der Waals surface area contributed by atoms with Gasteiger partial charge < -0.3 is 30.2 Å². The third-order valence-electron chi connectivity index (χ3n) is 7.01. The number of rotatable bonds is 12. The number of benzene rings is 3. The van der Waals surface area contributed by atoms with Crippen LogP contribution in [0, 0.1) is 0 Å². The smallest absolute Gasteiger partial charge is 0.408 e. The highest BCUT2D eigenvalue weighted by Gasteiger charge is 2.27. The fraction of sp³-hybridized carbons (Fsp3) is 0.306. The molecule has 4 aromatic rings. The first kappa shape index (κ1) is 35.2. The molecule has 0 aliphatic heterocycles. The SMILES string of the molecule is C[C@H](NC(=O)OCc1ccccc1)C(=O)n1cc(C[C@H](NC(=O)CNC(=O)OC(C)(C)C)C(=O)OCc2ccccc2)c2ccccc21. The second-order valence-corrected chi connectivity index (χ2v) is 12.1. The summed E-state index contributed by atoms with van der Waals surface area (Å²) in [4.78, 5) is 64.4. The molecule has 0 saturated carbocycles. The Morgan fingerprint density at radius 3 is 1.96 bits per heavy atom. The van der Waals surface area contributed by atoms with Crippen molar-refractivity contribution in [1.29, 1.82) is 0 Å². The minimum Gasteiger partial charge on any atom is -0.459 e. The Morgan fingerprint density at radius 1 is 0.750 bits per heavy atom. The maximum absolute atomic E-state index is 13.6. The zero-order valence-corrected chi connectivity index (χ0v) is 27.4. The number of hydrogen-bond donors (Lipinski definition) is 3. The van der Waals surface area contributed by atoms with Gasteiger partial charge in [0.2, 0.25) is 5.91 Å². The Kier molecular flexibility index (Phi) is 11.9. The average Bonchev–Trinajstić information content (AvgIpc) is 3.43. The number of nitrogens with one attached hydrogen (secondary N) is 3. The van der Waals surface area contributed by atoms with Crippen molar-refractivity contribution in [3.63, 3.8) is 0 Å². The molecule has 3 N–H and O–H groups in total. The van der Waals surface area contributed by atoms with Crippen LogP contribution in [0.4, 0.5) is 9.59 Å². The fourth-order valence-corrected chi connectivity index (χ4v) is 4.76. The summed E-state index contributed by atoms with van der Waals surface area (Å²) in [5.74, 6) is -1.79. The molecule has 0 spiro atoms. The first-order chi connectivity index (χ1) is 22.9. The Morgan fingerprint density at radius 2 is 1.33 bits per heavy atom. The van der Waals surface area contributed by atoms with Crippen LogP contribution in [-0.4, -0.2) is 58.8 Å².